The highest BCUT2D eigenvalue weighted by Gasteiger charge is 2.77. The number of carbonyl (C=O) groups is 4. The van der Waals surface area contributed by atoms with Crippen LogP contribution in [-0.4, -0.2) is 71.0 Å². The third-order valence-corrected chi connectivity index (χ3v) is 12.8. The minimum Gasteiger partial charge on any atom is -0.456 e. The Kier molecular flexibility index (Phi) is 8.20. The Morgan fingerprint density at radius 2 is 1.58 bits per heavy atom. The summed E-state index contributed by atoms with van der Waals surface area (Å²) >= 11 is 0. The molecule has 10 nitrogen and oxygen atoms in total. The van der Waals surface area contributed by atoms with Crippen LogP contribution in [0.25, 0.3) is 0 Å². The fourth-order valence-electron chi connectivity index (χ4n) is 9.96. The van der Waals surface area contributed by atoms with E-state index in [1.54, 1.807) is 30.3 Å². The summed E-state index contributed by atoms with van der Waals surface area (Å²) in [4.78, 5) is 55.8. The number of hydrogen-bond acceptors (Lipinski definition) is 10. The van der Waals surface area contributed by atoms with E-state index < -0.39 is 82.3 Å². The highest BCUT2D eigenvalue weighted by Crippen LogP contribution is 2.66. The van der Waals surface area contributed by atoms with Gasteiger partial charge in [-0.15, -0.1) is 0 Å². The maximum atomic E-state index is 15.2. The van der Waals surface area contributed by atoms with Crippen molar-refractivity contribution in [1.29, 1.82) is 0 Å². The largest absolute Gasteiger partial charge is 0.456 e. The van der Waals surface area contributed by atoms with Crippen LogP contribution in [0.3, 0.4) is 0 Å². The number of epoxide rings is 1. The van der Waals surface area contributed by atoms with Crippen molar-refractivity contribution in [2.75, 3.05) is 6.61 Å². The van der Waals surface area contributed by atoms with E-state index in [9.17, 15) is 19.5 Å². The lowest BCUT2D eigenvalue weighted by Gasteiger charge is -2.68. The van der Waals surface area contributed by atoms with Crippen molar-refractivity contribution in [3.63, 3.8) is 0 Å². The Bertz CT molecular complexity index is 1750. The molecule has 7 rings (SSSR count). The molecule has 5 aliphatic rings. The molecule has 10 heteroatoms. The third-order valence-electron chi connectivity index (χ3n) is 12.8. The lowest BCUT2D eigenvalue weighted by atomic mass is 9.42. The van der Waals surface area contributed by atoms with Crippen LogP contribution in [0.15, 0.2) is 71.8 Å². The van der Waals surface area contributed by atoms with Gasteiger partial charge in [0.1, 0.15) is 35.8 Å². The standard InChI is InChI=1S/C40H46O10/c1-21-18-28-39(20-46-28,50-24(4)41)32-34(49-35(43)26-16-12-9-13-17-26)40(45)19-27(47-36(44)31-30(48-31)25-14-10-8-11-15-25)22(2)29(37(40,5)6)23(3)33(42)38(21,32)7/h8-17,21,23,27-28,30-32,34,45H,18-20H2,1-7H3/t21-,23+,27?,28+,30+,31+,32?,34?,38+,39-,40+/m0/s1. The molecule has 2 aromatic carbocycles. The number of esters is 3. The second kappa shape index (κ2) is 11.9. The van der Waals surface area contributed by atoms with Crippen LogP contribution in [0.4, 0.5) is 0 Å². The Morgan fingerprint density at radius 3 is 2.18 bits per heavy atom. The fourth-order valence-corrected chi connectivity index (χ4v) is 9.96. The summed E-state index contributed by atoms with van der Waals surface area (Å²) in [7, 11) is 0. The average molecular weight is 687 g/mol. The van der Waals surface area contributed by atoms with Crippen LogP contribution in [0.2, 0.25) is 0 Å². The zero-order valence-corrected chi connectivity index (χ0v) is 29.6. The number of ether oxygens (including phenoxy) is 5. The van der Waals surface area contributed by atoms with Gasteiger partial charge in [0.25, 0.3) is 0 Å². The molecule has 0 radical (unpaired) electrons. The van der Waals surface area contributed by atoms with Gasteiger partial charge in [0.05, 0.1) is 18.1 Å². The van der Waals surface area contributed by atoms with Gasteiger partial charge in [0.15, 0.2) is 11.7 Å². The summed E-state index contributed by atoms with van der Waals surface area (Å²) in [6.07, 6.45) is -3.91. The van der Waals surface area contributed by atoms with Gasteiger partial charge in [-0.2, -0.15) is 0 Å². The first-order valence-electron chi connectivity index (χ1n) is 17.5. The van der Waals surface area contributed by atoms with Crippen molar-refractivity contribution in [2.24, 2.45) is 28.6 Å². The summed E-state index contributed by atoms with van der Waals surface area (Å²) < 4.78 is 30.7. The molecule has 1 N–H and O–H groups in total. The Morgan fingerprint density at radius 1 is 0.940 bits per heavy atom. The summed E-state index contributed by atoms with van der Waals surface area (Å²) in [6.45, 7) is 12.4. The smallest absolute Gasteiger partial charge is 0.339 e. The number of Topliss-reactive ketones (excluding diaryl/α,β-unsaturated/α-hetero) is 1. The molecule has 2 bridgehead atoms. The Balaban J connectivity index is 1.38. The van der Waals surface area contributed by atoms with Gasteiger partial charge in [-0.05, 0) is 48.1 Å². The number of benzene rings is 2. The summed E-state index contributed by atoms with van der Waals surface area (Å²) in [5.74, 6) is -4.00. The second-order valence-electron chi connectivity index (χ2n) is 15.7. The molecule has 2 aliphatic heterocycles. The van der Waals surface area contributed by atoms with E-state index in [1.165, 1.54) is 6.92 Å². The van der Waals surface area contributed by atoms with Gasteiger partial charge in [-0.3, -0.25) is 9.59 Å². The van der Waals surface area contributed by atoms with Crippen molar-refractivity contribution in [3.8, 4) is 0 Å². The van der Waals surface area contributed by atoms with E-state index >= 15 is 4.79 Å². The number of aliphatic hydroxyl groups is 1. The van der Waals surface area contributed by atoms with E-state index in [2.05, 4.69) is 0 Å². The molecular weight excluding hydrogens is 640 g/mol. The molecule has 50 heavy (non-hydrogen) atoms. The van der Waals surface area contributed by atoms with Gasteiger partial charge >= 0.3 is 17.9 Å². The van der Waals surface area contributed by atoms with E-state index in [0.717, 1.165) is 5.56 Å². The lowest BCUT2D eigenvalue weighted by molar-refractivity contribution is -0.339. The summed E-state index contributed by atoms with van der Waals surface area (Å²) in [6, 6.07) is 17.8. The van der Waals surface area contributed by atoms with Gasteiger partial charge < -0.3 is 28.8 Å². The molecule has 2 aromatic rings. The lowest BCUT2D eigenvalue weighted by Crippen LogP contribution is -2.80. The molecule has 2 saturated carbocycles. The fraction of sp³-hybridized carbons (Fsp3) is 0.550. The SMILES string of the molecule is CC(=O)O[C@@]12CO[C@@H]1C[C@H](C)[C@@]1(C)C(=O)[C@H](C)C3=C(C)C(OC(=O)[C@@H]4O[C@@H]4c4ccccc4)C[C@@](O)(C(OC(=O)c4ccccc4)C12)C3(C)C. The first kappa shape index (κ1) is 34.6. The van der Waals surface area contributed by atoms with Gasteiger partial charge in [-0.1, -0.05) is 83.1 Å². The first-order chi connectivity index (χ1) is 23.6. The monoisotopic (exact) mass is 686 g/mol. The van der Waals surface area contributed by atoms with E-state index in [0.29, 0.717) is 17.6 Å². The van der Waals surface area contributed by atoms with Gasteiger partial charge in [0, 0.05) is 30.1 Å². The zero-order chi connectivity index (χ0) is 36.0. The molecule has 3 unspecified atom stereocenters. The predicted molar refractivity (Wildman–Crippen MR) is 179 cm³/mol. The van der Waals surface area contributed by atoms with Gasteiger partial charge in [0.2, 0.25) is 0 Å². The Hall–Kier alpha value is -3.86. The molecule has 2 heterocycles. The molecule has 0 aromatic heterocycles. The average Bonchev–Trinajstić information content (AvgIpc) is 3.88. The second-order valence-corrected chi connectivity index (χ2v) is 15.7. The molecule has 0 spiro atoms. The molecule has 11 atom stereocenters. The Labute approximate surface area is 292 Å². The van der Waals surface area contributed by atoms with Crippen LogP contribution >= 0.6 is 0 Å². The van der Waals surface area contributed by atoms with E-state index in [1.807, 2.05) is 71.9 Å². The van der Waals surface area contributed by atoms with Crippen LogP contribution in [-0.2, 0) is 38.1 Å². The number of ketones is 1. The number of hydrogen-bond donors (Lipinski definition) is 1. The summed E-state index contributed by atoms with van der Waals surface area (Å²) in [5.41, 5.74) is -3.25. The topological polar surface area (TPSA) is 138 Å². The zero-order valence-electron chi connectivity index (χ0n) is 29.6. The highest BCUT2D eigenvalue weighted by atomic mass is 16.6. The molecule has 3 aliphatic carbocycles. The molecular formula is C40H46O10. The highest BCUT2D eigenvalue weighted by molar-refractivity contribution is 5.92. The van der Waals surface area contributed by atoms with Crippen molar-refractivity contribution < 1.29 is 48.0 Å². The quantitative estimate of drug-likeness (QED) is 0.184. The van der Waals surface area contributed by atoms with Gasteiger partial charge in [-0.25, -0.2) is 9.59 Å². The number of fused-ring (bicyclic) bond motifs is 5. The molecule has 266 valence electrons. The van der Waals surface area contributed by atoms with Crippen LogP contribution in [0, 0.1) is 28.6 Å². The van der Waals surface area contributed by atoms with Crippen LogP contribution < -0.4 is 0 Å². The minimum absolute atomic E-state index is 0.0260. The number of carbonyl (C=O) groups excluding carboxylic acids is 4. The normalized spacial score (nSPS) is 39.8. The third kappa shape index (κ3) is 4.93. The minimum atomic E-state index is -1.91. The maximum Gasteiger partial charge on any atom is 0.339 e. The van der Waals surface area contributed by atoms with Crippen LogP contribution in [0.5, 0.6) is 0 Å². The van der Waals surface area contributed by atoms with E-state index in [4.69, 9.17) is 23.7 Å². The molecule has 0 amide bonds. The van der Waals surface area contributed by atoms with Crippen molar-refractivity contribution in [3.05, 3.63) is 82.9 Å². The van der Waals surface area contributed by atoms with Crippen molar-refractivity contribution in [1.82, 2.24) is 0 Å². The maximum absolute atomic E-state index is 15.2. The van der Waals surface area contributed by atoms with Crippen molar-refractivity contribution in [2.45, 2.75) is 103 Å². The first-order valence-corrected chi connectivity index (χ1v) is 17.5. The van der Waals surface area contributed by atoms with Crippen LogP contribution in [0.1, 0.15) is 83.3 Å². The number of rotatable bonds is 6. The molecule has 2 saturated heterocycles. The summed E-state index contributed by atoms with van der Waals surface area (Å²) in [5, 5.41) is 13.5. The van der Waals surface area contributed by atoms with E-state index in [-0.39, 0.29) is 30.3 Å². The van der Waals surface area contributed by atoms with Crippen molar-refractivity contribution >= 4 is 23.7 Å². The molecule has 4 fully saturated rings. The predicted octanol–water partition coefficient (Wildman–Crippen LogP) is 5.32.